The van der Waals surface area contributed by atoms with Gasteiger partial charge in [-0.2, -0.15) is 0 Å². The van der Waals surface area contributed by atoms with E-state index in [2.05, 4.69) is 50.3 Å². The van der Waals surface area contributed by atoms with Crippen molar-refractivity contribution < 1.29 is 14.3 Å². The Morgan fingerprint density at radius 3 is 2.34 bits per heavy atom. The smallest absolute Gasteiger partial charge is 0.302 e. The van der Waals surface area contributed by atoms with E-state index in [1.165, 1.54) is 30.1 Å². The lowest BCUT2D eigenvalue weighted by atomic mass is 9.47. The topological polar surface area (TPSA) is 43.4 Å². The molecule has 4 aliphatic rings. The fraction of sp³-hybridized carbons (Fsp3) is 0.586. The summed E-state index contributed by atoms with van der Waals surface area (Å²) in [5.41, 5.74) is 5.32. The van der Waals surface area contributed by atoms with Crippen LogP contribution >= 0.6 is 0 Å². The molecule has 0 N–H and O–H groups in total. The first-order chi connectivity index (χ1) is 15.2. The summed E-state index contributed by atoms with van der Waals surface area (Å²) in [6.07, 6.45) is 9.87. The summed E-state index contributed by atoms with van der Waals surface area (Å²) < 4.78 is 5.59. The molecule has 32 heavy (non-hydrogen) atoms. The molecule has 4 aliphatic carbocycles. The van der Waals surface area contributed by atoms with Crippen LogP contribution in [0.2, 0.25) is 0 Å². The molecule has 2 saturated carbocycles. The number of Topliss-reactive ketones (excluding diaryl/α,β-unsaturated/α-hetero) is 1. The third kappa shape index (κ3) is 3.23. The molecule has 5 rings (SSSR count). The van der Waals surface area contributed by atoms with E-state index in [1.807, 2.05) is 0 Å². The van der Waals surface area contributed by atoms with Gasteiger partial charge in [0.1, 0.15) is 6.10 Å². The summed E-state index contributed by atoms with van der Waals surface area (Å²) in [6, 6.07) is 10.6. The molecule has 3 heteroatoms. The van der Waals surface area contributed by atoms with Gasteiger partial charge in [-0.05, 0) is 85.2 Å². The van der Waals surface area contributed by atoms with Crippen molar-refractivity contribution in [1.29, 1.82) is 0 Å². The van der Waals surface area contributed by atoms with Gasteiger partial charge in [0.05, 0.1) is 0 Å². The SMILES string of the molecule is CC(=O)O[C@@H]1CC[C@@]2(C)C(=CC[C@@H]3[C@H]4CC(c5ccccc5)=C(C(C)=O)[C@@]4(C)CC[C@@H]32)C1. The number of ketones is 1. The number of esters is 1. The minimum Gasteiger partial charge on any atom is -0.462 e. The second-order valence-electron chi connectivity index (χ2n) is 11.2. The van der Waals surface area contributed by atoms with Gasteiger partial charge in [-0.15, -0.1) is 0 Å². The van der Waals surface area contributed by atoms with Crippen LogP contribution in [-0.4, -0.2) is 17.9 Å². The van der Waals surface area contributed by atoms with Gasteiger partial charge in [0.2, 0.25) is 0 Å². The molecule has 0 saturated heterocycles. The molecule has 0 bridgehead atoms. The first-order valence-corrected chi connectivity index (χ1v) is 12.4. The maximum absolute atomic E-state index is 13.0. The number of fused-ring (bicyclic) bond motifs is 5. The number of ether oxygens (including phenoxy) is 1. The largest absolute Gasteiger partial charge is 0.462 e. The van der Waals surface area contributed by atoms with Gasteiger partial charge in [-0.3, -0.25) is 9.59 Å². The van der Waals surface area contributed by atoms with Crippen LogP contribution in [0.4, 0.5) is 0 Å². The lowest BCUT2D eigenvalue weighted by Gasteiger charge is -2.57. The van der Waals surface area contributed by atoms with Gasteiger partial charge in [-0.25, -0.2) is 0 Å². The molecule has 6 atom stereocenters. The van der Waals surface area contributed by atoms with Crippen LogP contribution in [0.5, 0.6) is 0 Å². The lowest BCUT2D eigenvalue weighted by Crippen LogP contribution is -2.50. The molecular weight excluding hydrogens is 396 g/mol. The summed E-state index contributed by atoms with van der Waals surface area (Å²) in [7, 11) is 0. The molecule has 0 heterocycles. The van der Waals surface area contributed by atoms with E-state index in [0.717, 1.165) is 44.1 Å². The first-order valence-electron chi connectivity index (χ1n) is 12.4. The molecule has 0 spiro atoms. The minimum absolute atomic E-state index is 0.0190. The Morgan fingerprint density at radius 2 is 1.66 bits per heavy atom. The number of hydrogen-bond acceptors (Lipinski definition) is 3. The number of carbonyl (C=O) groups excluding carboxylic acids is 2. The van der Waals surface area contributed by atoms with Crippen LogP contribution < -0.4 is 0 Å². The molecular formula is C29H36O3. The van der Waals surface area contributed by atoms with E-state index in [0.29, 0.717) is 17.8 Å². The number of carbonyl (C=O) groups is 2. The molecule has 0 amide bonds. The highest BCUT2D eigenvalue weighted by molar-refractivity contribution is 6.03. The summed E-state index contributed by atoms with van der Waals surface area (Å²) in [6.45, 7) is 8.13. The predicted octanol–water partition coefficient (Wildman–Crippen LogP) is 6.53. The zero-order valence-electron chi connectivity index (χ0n) is 19.9. The highest BCUT2D eigenvalue weighted by Crippen LogP contribution is 2.67. The standard InChI is InChI=1S/C29H36O3/c1-18(30)27-24(20-8-6-5-7-9-20)17-26-23-11-10-21-16-22(32-19(2)31)12-14-28(21,3)25(23)13-15-29(26,27)4/h5-10,22-23,25-26H,11-17H2,1-4H3/t22-,23+,25+,26-,28+,29+/m1/s1. The molecule has 2 fully saturated rings. The van der Waals surface area contributed by atoms with E-state index in [-0.39, 0.29) is 28.7 Å². The van der Waals surface area contributed by atoms with E-state index in [4.69, 9.17) is 4.74 Å². The third-order valence-corrected chi connectivity index (χ3v) is 9.55. The van der Waals surface area contributed by atoms with E-state index < -0.39 is 0 Å². The average molecular weight is 433 g/mol. The van der Waals surface area contributed by atoms with Crippen LogP contribution in [0.15, 0.2) is 47.6 Å². The molecule has 0 radical (unpaired) electrons. The van der Waals surface area contributed by atoms with E-state index in [1.54, 1.807) is 6.92 Å². The zero-order valence-corrected chi connectivity index (χ0v) is 19.9. The average Bonchev–Trinajstić information content (AvgIpc) is 3.08. The van der Waals surface area contributed by atoms with E-state index >= 15 is 0 Å². The minimum atomic E-state index is -0.163. The van der Waals surface area contributed by atoms with E-state index in [9.17, 15) is 9.59 Å². The predicted molar refractivity (Wildman–Crippen MR) is 127 cm³/mol. The van der Waals surface area contributed by atoms with Gasteiger partial charge in [0.25, 0.3) is 0 Å². The fourth-order valence-corrected chi connectivity index (χ4v) is 8.15. The maximum atomic E-state index is 13.0. The van der Waals surface area contributed by atoms with Gasteiger partial charge >= 0.3 is 5.97 Å². The fourth-order valence-electron chi connectivity index (χ4n) is 8.15. The Hall–Kier alpha value is -2.16. The molecule has 0 unspecified atom stereocenters. The second-order valence-corrected chi connectivity index (χ2v) is 11.2. The van der Waals surface area contributed by atoms with Gasteiger partial charge in [0, 0.05) is 18.9 Å². The molecule has 1 aromatic rings. The number of allylic oxidation sites excluding steroid dienone is 3. The van der Waals surface area contributed by atoms with Gasteiger partial charge in [-0.1, -0.05) is 55.8 Å². The Balaban J connectivity index is 1.48. The molecule has 0 aliphatic heterocycles. The van der Waals surface area contributed by atoms with Gasteiger partial charge < -0.3 is 4.74 Å². The van der Waals surface area contributed by atoms with Crippen LogP contribution in [0.3, 0.4) is 0 Å². The Kier molecular flexibility index (Phi) is 5.22. The molecule has 1 aromatic carbocycles. The number of hydrogen-bond donors (Lipinski definition) is 0. The van der Waals surface area contributed by atoms with Crippen LogP contribution in [-0.2, 0) is 14.3 Å². The molecule has 3 nitrogen and oxygen atoms in total. The highest BCUT2D eigenvalue weighted by Gasteiger charge is 2.58. The van der Waals surface area contributed by atoms with Crippen molar-refractivity contribution in [3.63, 3.8) is 0 Å². The van der Waals surface area contributed by atoms with Crippen molar-refractivity contribution in [1.82, 2.24) is 0 Å². The zero-order chi connectivity index (χ0) is 22.7. The van der Waals surface area contributed by atoms with Crippen molar-refractivity contribution in [2.75, 3.05) is 0 Å². The Bertz CT molecular complexity index is 1000. The summed E-state index contributed by atoms with van der Waals surface area (Å²) in [4.78, 5) is 24.5. The lowest BCUT2D eigenvalue weighted by molar-refractivity contribution is -0.148. The first kappa shape index (κ1) is 21.7. The second kappa shape index (κ2) is 7.71. The monoisotopic (exact) mass is 432 g/mol. The van der Waals surface area contributed by atoms with Gasteiger partial charge in [0.15, 0.2) is 5.78 Å². The van der Waals surface area contributed by atoms with Crippen molar-refractivity contribution in [3.8, 4) is 0 Å². The van der Waals surface area contributed by atoms with Crippen LogP contribution in [0.1, 0.15) is 78.2 Å². The Morgan fingerprint density at radius 1 is 0.938 bits per heavy atom. The molecule has 0 aromatic heterocycles. The number of benzene rings is 1. The summed E-state index contributed by atoms with van der Waals surface area (Å²) >= 11 is 0. The number of rotatable bonds is 3. The summed E-state index contributed by atoms with van der Waals surface area (Å²) in [5, 5.41) is 0. The molecule has 170 valence electrons. The maximum Gasteiger partial charge on any atom is 0.302 e. The Labute approximate surface area is 192 Å². The highest BCUT2D eigenvalue weighted by atomic mass is 16.5. The van der Waals surface area contributed by atoms with Crippen molar-refractivity contribution in [2.45, 2.75) is 78.7 Å². The van der Waals surface area contributed by atoms with Crippen LogP contribution in [0, 0.1) is 28.6 Å². The summed E-state index contributed by atoms with van der Waals surface area (Å²) in [5.74, 6) is 1.89. The quantitative estimate of drug-likeness (QED) is 0.403. The van der Waals surface area contributed by atoms with Crippen molar-refractivity contribution in [2.24, 2.45) is 28.6 Å². The van der Waals surface area contributed by atoms with Crippen molar-refractivity contribution >= 4 is 17.3 Å². The van der Waals surface area contributed by atoms with Crippen LogP contribution in [0.25, 0.3) is 5.57 Å². The third-order valence-electron chi connectivity index (χ3n) is 9.55. The normalized spacial score (nSPS) is 38.3. The van der Waals surface area contributed by atoms with Crippen molar-refractivity contribution in [3.05, 3.63) is 53.1 Å².